The lowest BCUT2D eigenvalue weighted by molar-refractivity contribution is 0.141. The van der Waals surface area contributed by atoms with Gasteiger partial charge in [-0.15, -0.1) is 0 Å². The van der Waals surface area contributed by atoms with E-state index in [1.165, 1.54) is 70.6 Å². The minimum Gasteiger partial charge on any atom is -0.193 e. The maximum Gasteiger partial charge on any atom is 0.0908 e. The van der Waals surface area contributed by atoms with Crippen LogP contribution in [0.2, 0.25) is 0 Å². The Bertz CT molecular complexity index is 335. The third-order valence-electron chi connectivity index (χ3n) is 6.08. The van der Waals surface area contributed by atoms with Gasteiger partial charge >= 0.3 is 0 Å². The summed E-state index contributed by atoms with van der Waals surface area (Å²) in [7, 11) is 0. The largest absolute Gasteiger partial charge is 0.193 e. The van der Waals surface area contributed by atoms with Gasteiger partial charge in [-0.05, 0) is 62.2 Å². The highest BCUT2D eigenvalue weighted by atomic mass is 14.4. The second-order valence-electron chi connectivity index (χ2n) is 7.46. The molecule has 1 nitrogen and oxygen atoms in total. The first-order chi connectivity index (χ1) is 10.3. The van der Waals surface area contributed by atoms with Gasteiger partial charge in [0.25, 0.3) is 0 Å². The molecule has 0 amide bonds. The van der Waals surface area contributed by atoms with E-state index in [9.17, 15) is 0 Å². The molecule has 1 heteroatoms. The molecule has 0 atom stereocenters. The lowest BCUT2D eigenvalue weighted by atomic mass is 9.68. The highest BCUT2D eigenvalue weighted by Gasteiger charge is 2.30. The number of hydrogen-bond acceptors (Lipinski definition) is 1. The molecule has 0 radical (unpaired) electrons. The van der Waals surface area contributed by atoms with E-state index in [0.29, 0.717) is 0 Å². The van der Waals surface area contributed by atoms with Gasteiger partial charge in [0.2, 0.25) is 0 Å². The number of hydrogen-bond donors (Lipinski definition) is 0. The van der Waals surface area contributed by atoms with Crippen molar-refractivity contribution in [2.45, 2.75) is 84.0 Å². The molecule has 2 rings (SSSR count). The Kier molecular flexibility index (Phi) is 7.34. The quantitative estimate of drug-likeness (QED) is 0.529. The van der Waals surface area contributed by atoms with Crippen LogP contribution in [0.15, 0.2) is 12.2 Å². The van der Waals surface area contributed by atoms with Crippen LogP contribution in [0.5, 0.6) is 0 Å². The highest BCUT2D eigenvalue weighted by Crippen LogP contribution is 2.42. The van der Waals surface area contributed by atoms with Crippen molar-refractivity contribution in [3.05, 3.63) is 12.2 Å². The maximum atomic E-state index is 8.50. The van der Waals surface area contributed by atoms with E-state index >= 15 is 0 Å². The molecule has 2 aliphatic carbocycles. The first-order valence-electron chi connectivity index (χ1n) is 9.38. The van der Waals surface area contributed by atoms with Gasteiger partial charge in [-0.25, -0.2) is 0 Å². The molecule has 0 bridgehead atoms. The van der Waals surface area contributed by atoms with Crippen molar-refractivity contribution in [3.8, 4) is 6.07 Å². The zero-order valence-corrected chi connectivity index (χ0v) is 13.9. The van der Waals surface area contributed by atoms with Gasteiger partial charge in [0.15, 0.2) is 0 Å². The Labute approximate surface area is 131 Å². The SMILES string of the molecule is CCC[C@H]1CC[C@H](C2CCC(CCC=CC#N)CC2)CC1. The molecule has 0 aromatic heterocycles. The number of rotatable bonds is 6. The minimum absolute atomic E-state index is 0.932. The first kappa shape index (κ1) is 16.6. The molecule has 0 aromatic rings. The molecule has 0 aromatic carbocycles. The molecule has 0 aliphatic heterocycles. The normalized spacial score (nSPS) is 33.9. The fraction of sp³-hybridized carbons (Fsp3) is 0.850. The molecule has 2 saturated carbocycles. The zero-order chi connectivity index (χ0) is 14.9. The van der Waals surface area contributed by atoms with Crippen LogP contribution in [0.25, 0.3) is 0 Å². The van der Waals surface area contributed by atoms with E-state index in [1.54, 1.807) is 6.08 Å². The summed E-state index contributed by atoms with van der Waals surface area (Å²) in [5, 5.41) is 8.50. The summed E-state index contributed by atoms with van der Waals surface area (Å²) in [5.41, 5.74) is 0. The fourth-order valence-corrected chi connectivity index (χ4v) is 4.77. The molecule has 21 heavy (non-hydrogen) atoms. The Balaban J connectivity index is 1.63. The first-order valence-corrected chi connectivity index (χ1v) is 9.38. The summed E-state index contributed by atoms with van der Waals surface area (Å²) >= 11 is 0. The van der Waals surface area contributed by atoms with Crippen LogP contribution < -0.4 is 0 Å². The predicted octanol–water partition coefficient (Wildman–Crippen LogP) is 6.26. The van der Waals surface area contributed by atoms with Crippen LogP contribution in [0.3, 0.4) is 0 Å². The van der Waals surface area contributed by atoms with Gasteiger partial charge in [-0.3, -0.25) is 0 Å². The van der Waals surface area contributed by atoms with Crippen molar-refractivity contribution < 1.29 is 0 Å². The predicted molar refractivity (Wildman–Crippen MR) is 89.8 cm³/mol. The van der Waals surface area contributed by atoms with E-state index in [-0.39, 0.29) is 0 Å². The smallest absolute Gasteiger partial charge is 0.0908 e. The van der Waals surface area contributed by atoms with Gasteiger partial charge in [-0.1, -0.05) is 51.5 Å². The Hall–Kier alpha value is -0.770. The lowest BCUT2D eigenvalue weighted by Crippen LogP contribution is -2.25. The minimum atomic E-state index is 0.932. The van der Waals surface area contributed by atoms with Crippen molar-refractivity contribution >= 4 is 0 Å². The molecule has 0 N–H and O–H groups in total. The van der Waals surface area contributed by atoms with Gasteiger partial charge in [-0.2, -0.15) is 5.26 Å². The van der Waals surface area contributed by atoms with E-state index in [0.717, 1.165) is 30.1 Å². The molecule has 0 saturated heterocycles. The van der Waals surface area contributed by atoms with E-state index < -0.39 is 0 Å². The Morgan fingerprint density at radius 3 is 1.86 bits per heavy atom. The molecule has 118 valence electrons. The number of allylic oxidation sites excluding steroid dienone is 2. The number of nitrogens with zero attached hydrogens (tertiary/aromatic N) is 1. The average molecular weight is 287 g/mol. The average Bonchev–Trinajstić information content (AvgIpc) is 2.53. The van der Waals surface area contributed by atoms with Gasteiger partial charge in [0, 0.05) is 6.08 Å². The molecule has 0 unspecified atom stereocenters. The third-order valence-corrected chi connectivity index (χ3v) is 6.08. The molecule has 2 aliphatic rings. The van der Waals surface area contributed by atoms with E-state index in [2.05, 4.69) is 13.0 Å². The second-order valence-corrected chi connectivity index (χ2v) is 7.46. The molecular weight excluding hydrogens is 254 g/mol. The highest BCUT2D eigenvalue weighted by molar-refractivity contribution is 5.01. The zero-order valence-electron chi connectivity index (χ0n) is 13.9. The Morgan fingerprint density at radius 2 is 1.38 bits per heavy atom. The standard InChI is InChI=1S/C20H33N/c1-2-6-17-8-12-19(13-9-17)20-14-10-18(11-15-20)7-4-3-5-16-21/h3,5,17-20H,2,4,6-15H2,1H3/t17-,18?,19-,20?. The monoisotopic (exact) mass is 287 g/mol. The third kappa shape index (κ3) is 5.50. The van der Waals surface area contributed by atoms with Crippen LogP contribution in [-0.2, 0) is 0 Å². The summed E-state index contributed by atoms with van der Waals surface area (Å²) in [6.07, 6.45) is 20.8. The van der Waals surface area contributed by atoms with Gasteiger partial charge in [0.05, 0.1) is 6.07 Å². The summed E-state index contributed by atoms with van der Waals surface area (Å²) in [5.74, 6) is 4.08. The van der Waals surface area contributed by atoms with Crippen LogP contribution in [0.1, 0.15) is 84.0 Å². The summed E-state index contributed by atoms with van der Waals surface area (Å²) in [6, 6.07) is 2.09. The summed E-state index contributed by atoms with van der Waals surface area (Å²) in [4.78, 5) is 0. The van der Waals surface area contributed by atoms with E-state index in [4.69, 9.17) is 5.26 Å². The van der Waals surface area contributed by atoms with Crippen LogP contribution in [0, 0.1) is 35.0 Å². The van der Waals surface area contributed by atoms with Gasteiger partial charge < -0.3 is 0 Å². The van der Waals surface area contributed by atoms with Crippen molar-refractivity contribution in [1.82, 2.24) is 0 Å². The molecule has 0 heterocycles. The fourth-order valence-electron chi connectivity index (χ4n) is 4.77. The Morgan fingerprint density at radius 1 is 0.857 bits per heavy atom. The van der Waals surface area contributed by atoms with Crippen LogP contribution in [-0.4, -0.2) is 0 Å². The van der Waals surface area contributed by atoms with Gasteiger partial charge in [0.1, 0.15) is 0 Å². The maximum absolute atomic E-state index is 8.50. The molecule has 2 fully saturated rings. The lowest BCUT2D eigenvalue weighted by Gasteiger charge is -2.38. The van der Waals surface area contributed by atoms with Crippen LogP contribution in [0.4, 0.5) is 0 Å². The summed E-state index contributed by atoms with van der Waals surface area (Å²) in [6.45, 7) is 2.33. The summed E-state index contributed by atoms with van der Waals surface area (Å²) < 4.78 is 0. The second kappa shape index (κ2) is 9.29. The van der Waals surface area contributed by atoms with E-state index in [1.807, 2.05) is 6.08 Å². The molecular formula is C20H33N. The topological polar surface area (TPSA) is 23.8 Å². The molecule has 0 spiro atoms. The van der Waals surface area contributed by atoms with Crippen LogP contribution >= 0.6 is 0 Å². The van der Waals surface area contributed by atoms with Crippen molar-refractivity contribution in [3.63, 3.8) is 0 Å². The number of nitriles is 1. The van der Waals surface area contributed by atoms with Crippen molar-refractivity contribution in [1.29, 1.82) is 5.26 Å². The van der Waals surface area contributed by atoms with Crippen molar-refractivity contribution in [2.75, 3.05) is 0 Å². The van der Waals surface area contributed by atoms with Crippen molar-refractivity contribution in [2.24, 2.45) is 23.7 Å².